The first-order chi connectivity index (χ1) is 12.3. The Balaban J connectivity index is 1.58. The molecule has 3 rings (SSSR count). The minimum Gasteiger partial charge on any atom is -0.372 e. The first kappa shape index (κ1) is 18.8. The summed E-state index contributed by atoms with van der Waals surface area (Å²) in [5, 5.41) is 0.792. The van der Waals surface area contributed by atoms with Crippen LogP contribution in [-0.2, 0) is 5.41 Å². The van der Waals surface area contributed by atoms with E-state index in [0.29, 0.717) is 5.56 Å². The summed E-state index contributed by atoms with van der Waals surface area (Å²) in [4.78, 5) is 13.6. The highest BCUT2D eigenvalue weighted by Gasteiger charge is 2.28. The van der Waals surface area contributed by atoms with Gasteiger partial charge in [-0.25, -0.2) is 0 Å². The van der Waals surface area contributed by atoms with Crippen molar-refractivity contribution < 1.29 is 4.79 Å². The highest BCUT2D eigenvalue weighted by atomic mass is 35.5. The normalized spacial score (nSPS) is 15.9. The maximum Gasteiger partial charge on any atom is 0.248 e. The van der Waals surface area contributed by atoms with Crippen LogP contribution in [-0.4, -0.2) is 19.0 Å². The van der Waals surface area contributed by atoms with Crippen molar-refractivity contribution >= 4 is 23.2 Å². The lowest BCUT2D eigenvalue weighted by atomic mass is 9.74. The summed E-state index contributed by atoms with van der Waals surface area (Å²) >= 11 is 6.02. The number of hydrogen-bond donors (Lipinski definition) is 1. The van der Waals surface area contributed by atoms with Crippen LogP contribution in [0.1, 0.15) is 49.0 Å². The zero-order chi connectivity index (χ0) is 18.7. The maximum absolute atomic E-state index is 11.2. The summed E-state index contributed by atoms with van der Waals surface area (Å²) in [5.41, 5.74) is 8.56. The second-order valence-electron chi connectivity index (χ2n) is 7.94. The van der Waals surface area contributed by atoms with Gasteiger partial charge in [0.25, 0.3) is 0 Å². The van der Waals surface area contributed by atoms with Gasteiger partial charge in [0.05, 0.1) is 0 Å². The van der Waals surface area contributed by atoms with Crippen molar-refractivity contribution in [1.29, 1.82) is 0 Å². The molecule has 138 valence electrons. The number of piperidine rings is 1. The molecular formula is C22H27ClN2O. The summed E-state index contributed by atoms with van der Waals surface area (Å²) in [5.74, 6) is 0.349. The molecule has 4 heteroatoms. The third-order valence-electron chi connectivity index (χ3n) is 5.56. The summed E-state index contributed by atoms with van der Waals surface area (Å²) in [6.45, 7) is 6.75. The Morgan fingerprint density at radius 3 is 2.19 bits per heavy atom. The average molecular weight is 371 g/mol. The minimum absolute atomic E-state index is 0.153. The lowest BCUT2D eigenvalue weighted by Crippen LogP contribution is -2.35. The largest absolute Gasteiger partial charge is 0.372 e. The molecule has 0 spiro atoms. The van der Waals surface area contributed by atoms with Gasteiger partial charge in [-0.05, 0) is 72.6 Å². The van der Waals surface area contributed by atoms with E-state index in [4.69, 9.17) is 17.3 Å². The molecular weight excluding hydrogens is 344 g/mol. The molecule has 26 heavy (non-hydrogen) atoms. The molecule has 0 bridgehead atoms. The van der Waals surface area contributed by atoms with E-state index in [2.05, 4.69) is 30.9 Å². The number of carbonyl (C=O) groups excluding carboxylic acids is 1. The molecule has 3 nitrogen and oxygen atoms in total. The Kier molecular flexibility index (Phi) is 5.57. The molecule has 2 N–H and O–H groups in total. The number of anilines is 1. The number of carbonyl (C=O) groups is 1. The van der Waals surface area contributed by atoms with Crippen LogP contribution in [0.15, 0.2) is 48.5 Å². The SMILES string of the molecule is CC(C)(CC1CCN(c2ccc(C(N)=O)cc2)CC1)c1ccc(Cl)cc1. The van der Waals surface area contributed by atoms with Gasteiger partial charge in [-0.15, -0.1) is 0 Å². The van der Waals surface area contributed by atoms with Gasteiger partial charge in [0, 0.05) is 29.4 Å². The number of amides is 1. The van der Waals surface area contributed by atoms with E-state index in [1.165, 1.54) is 30.5 Å². The van der Waals surface area contributed by atoms with E-state index >= 15 is 0 Å². The van der Waals surface area contributed by atoms with Crippen LogP contribution < -0.4 is 10.6 Å². The van der Waals surface area contributed by atoms with Crippen molar-refractivity contribution in [2.45, 2.75) is 38.5 Å². The van der Waals surface area contributed by atoms with Gasteiger partial charge >= 0.3 is 0 Å². The van der Waals surface area contributed by atoms with Gasteiger partial charge in [0.15, 0.2) is 0 Å². The van der Waals surface area contributed by atoms with Gasteiger partial charge in [-0.2, -0.15) is 0 Å². The summed E-state index contributed by atoms with van der Waals surface area (Å²) in [6.07, 6.45) is 3.56. The third-order valence-corrected chi connectivity index (χ3v) is 5.81. The molecule has 1 amide bonds. The second-order valence-corrected chi connectivity index (χ2v) is 8.37. The fraction of sp³-hybridized carbons (Fsp3) is 0.409. The maximum atomic E-state index is 11.2. The molecule has 0 aliphatic carbocycles. The molecule has 2 aromatic carbocycles. The quantitative estimate of drug-likeness (QED) is 0.802. The standard InChI is InChI=1S/C22H27ClN2O/c1-22(2,18-5-7-19(23)8-6-18)15-16-11-13-25(14-12-16)20-9-3-17(4-10-20)21(24)26/h3-10,16H,11-15H2,1-2H3,(H2,24,26). The first-order valence-electron chi connectivity index (χ1n) is 9.26. The van der Waals surface area contributed by atoms with Gasteiger partial charge < -0.3 is 10.6 Å². The van der Waals surface area contributed by atoms with Crippen molar-refractivity contribution in [3.05, 3.63) is 64.7 Å². The molecule has 2 aromatic rings. The Labute approximate surface area is 161 Å². The first-order valence-corrected chi connectivity index (χ1v) is 9.64. The molecule has 0 saturated carbocycles. The summed E-state index contributed by atoms with van der Waals surface area (Å²) in [6, 6.07) is 15.9. The third kappa shape index (κ3) is 4.39. The van der Waals surface area contributed by atoms with Crippen LogP contribution in [0, 0.1) is 5.92 Å². The highest BCUT2D eigenvalue weighted by molar-refractivity contribution is 6.30. The van der Waals surface area contributed by atoms with Gasteiger partial charge in [-0.1, -0.05) is 37.6 Å². The summed E-state index contributed by atoms with van der Waals surface area (Å²) in [7, 11) is 0. The lowest BCUT2D eigenvalue weighted by molar-refractivity contribution is 0.100. The highest BCUT2D eigenvalue weighted by Crippen LogP contribution is 2.36. The van der Waals surface area contributed by atoms with Crippen molar-refractivity contribution in [3.63, 3.8) is 0 Å². The second kappa shape index (κ2) is 7.71. The Hall–Kier alpha value is -2.00. The molecule has 0 aromatic heterocycles. The number of nitrogens with two attached hydrogens (primary N) is 1. The van der Waals surface area contributed by atoms with Gasteiger partial charge in [0.1, 0.15) is 0 Å². The van der Waals surface area contributed by atoms with Crippen molar-refractivity contribution in [1.82, 2.24) is 0 Å². The lowest BCUT2D eigenvalue weighted by Gasteiger charge is -2.37. The number of primary amides is 1. The van der Waals surface area contributed by atoms with Crippen LogP contribution in [0.4, 0.5) is 5.69 Å². The molecule has 1 aliphatic heterocycles. The molecule has 0 atom stereocenters. The van der Waals surface area contributed by atoms with Crippen LogP contribution in [0.3, 0.4) is 0 Å². The van der Waals surface area contributed by atoms with Crippen molar-refractivity contribution in [2.75, 3.05) is 18.0 Å². The van der Waals surface area contributed by atoms with Gasteiger partial charge in [-0.3, -0.25) is 4.79 Å². The van der Waals surface area contributed by atoms with Crippen LogP contribution in [0.5, 0.6) is 0 Å². The van der Waals surface area contributed by atoms with E-state index in [9.17, 15) is 4.79 Å². The van der Waals surface area contributed by atoms with E-state index in [1.807, 2.05) is 36.4 Å². The summed E-state index contributed by atoms with van der Waals surface area (Å²) < 4.78 is 0. The van der Waals surface area contributed by atoms with Crippen molar-refractivity contribution in [3.8, 4) is 0 Å². The van der Waals surface area contributed by atoms with Gasteiger partial charge in [0.2, 0.25) is 5.91 Å². The predicted molar refractivity (Wildman–Crippen MR) is 109 cm³/mol. The molecule has 0 unspecified atom stereocenters. The topological polar surface area (TPSA) is 46.3 Å². The van der Waals surface area contributed by atoms with E-state index in [0.717, 1.165) is 24.0 Å². The van der Waals surface area contributed by atoms with Crippen LogP contribution in [0.25, 0.3) is 0 Å². The van der Waals surface area contributed by atoms with Crippen molar-refractivity contribution in [2.24, 2.45) is 11.7 Å². The number of halogens is 1. The molecule has 1 saturated heterocycles. The predicted octanol–water partition coefficient (Wildman–Crippen LogP) is 5.02. The Morgan fingerprint density at radius 1 is 1.08 bits per heavy atom. The molecule has 1 fully saturated rings. The number of rotatable bonds is 5. The van der Waals surface area contributed by atoms with E-state index < -0.39 is 0 Å². The fourth-order valence-electron chi connectivity index (χ4n) is 3.97. The molecule has 1 heterocycles. The molecule has 1 aliphatic rings. The van der Waals surface area contributed by atoms with Crippen LogP contribution >= 0.6 is 11.6 Å². The smallest absolute Gasteiger partial charge is 0.248 e. The average Bonchev–Trinajstić information content (AvgIpc) is 2.62. The van der Waals surface area contributed by atoms with E-state index in [1.54, 1.807) is 0 Å². The molecule has 0 radical (unpaired) electrons. The number of hydrogen-bond acceptors (Lipinski definition) is 2. The number of benzene rings is 2. The van der Waals surface area contributed by atoms with Crippen LogP contribution in [0.2, 0.25) is 5.02 Å². The minimum atomic E-state index is -0.375. The Bertz CT molecular complexity index is 745. The monoisotopic (exact) mass is 370 g/mol. The zero-order valence-electron chi connectivity index (χ0n) is 15.5. The number of nitrogens with zero attached hydrogens (tertiary/aromatic N) is 1. The van der Waals surface area contributed by atoms with E-state index in [-0.39, 0.29) is 11.3 Å². The Morgan fingerprint density at radius 2 is 1.65 bits per heavy atom. The fourth-order valence-corrected chi connectivity index (χ4v) is 4.10. The zero-order valence-corrected chi connectivity index (χ0v) is 16.3.